The topological polar surface area (TPSA) is 72.1 Å². The van der Waals surface area contributed by atoms with Crippen LogP contribution in [0.25, 0.3) is 0 Å². The fourth-order valence-corrected chi connectivity index (χ4v) is 2.03. The van der Waals surface area contributed by atoms with Gasteiger partial charge in [-0.1, -0.05) is 23.2 Å². The van der Waals surface area contributed by atoms with Gasteiger partial charge in [0.25, 0.3) is 0 Å². The average Bonchev–Trinajstić information content (AvgIpc) is 2.45. The van der Waals surface area contributed by atoms with Crippen molar-refractivity contribution in [3.05, 3.63) is 16.6 Å². The molecule has 0 bridgehead atoms. The molecule has 0 spiro atoms. The third-order valence-electron chi connectivity index (χ3n) is 2.16. The Bertz CT molecular complexity index is 391. The first-order chi connectivity index (χ1) is 7.09. The lowest BCUT2D eigenvalue weighted by Crippen LogP contribution is -2.28. The molecule has 15 heavy (non-hydrogen) atoms. The van der Waals surface area contributed by atoms with Crippen LogP contribution >= 0.6 is 23.2 Å². The number of aromatic nitrogens is 2. The molecular weight excluding hydrogens is 239 g/mol. The maximum Gasteiger partial charge on any atom is 0.228 e. The van der Waals surface area contributed by atoms with Gasteiger partial charge in [0.15, 0.2) is 10.3 Å². The molecule has 2 N–H and O–H groups in total. The molecule has 1 aliphatic heterocycles. The first-order valence-corrected chi connectivity index (χ1v) is 5.07. The van der Waals surface area contributed by atoms with Gasteiger partial charge < -0.3 is 10.6 Å². The first-order valence-electron chi connectivity index (χ1n) is 4.31. The number of carbonyl (C=O) groups is 1. The third-order valence-corrected chi connectivity index (χ3v) is 2.71. The van der Waals surface area contributed by atoms with Crippen molar-refractivity contribution in [3.8, 4) is 0 Å². The van der Waals surface area contributed by atoms with E-state index in [0.717, 1.165) is 0 Å². The molecule has 1 amide bonds. The Morgan fingerprint density at radius 1 is 1.40 bits per heavy atom. The lowest BCUT2D eigenvalue weighted by atomic mass is 10.3. The number of hydrogen-bond acceptors (Lipinski definition) is 4. The van der Waals surface area contributed by atoms with E-state index in [4.69, 9.17) is 28.9 Å². The number of anilines is 1. The number of nitrogens with two attached hydrogens (primary N) is 1. The average molecular weight is 247 g/mol. The quantitative estimate of drug-likeness (QED) is 0.746. The normalized spacial score (nSPS) is 21.1. The van der Waals surface area contributed by atoms with E-state index in [-0.39, 0.29) is 22.3 Å². The summed E-state index contributed by atoms with van der Waals surface area (Å²) in [5.74, 6) is -0.110. The largest absolute Gasteiger partial charge is 0.326 e. The second kappa shape index (κ2) is 3.92. The van der Waals surface area contributed by atoms with Crippen LogP contribution in [-0.4, -0.2) is 28.5 Å². The fourth-order valence-electron chi connectivity index (χ4n) is 1.51. The van der Waals surface area contributed by atoms with E-state index in [0.29, 0.717) is 18.7 Å². The predicted octanol–water partition coefficient (Wildman–Crippen LogP) is 0.847. The summed E-state index contributed by atoms with van der Waals surface area (Å²) in [5, 5.41) is 0.329. The van der Waals surface area contributed by atoms with Crippen LogP contribution in [0.5, 0.6) is 0 Å². The van der Waals surface area contributed by atoms with Gasteiger partial charge in [0.2, 0.25) is 5.91 Å². The van der Waals surface area contributed by atoms with Crippen LogP contribution < -0.4 is 10.6 Å². The number of carbonyl (C=O) groups excluding carboxylic acids is 1. The van der Waals surface area contributed by atoms with Gasteiger partial charge in [-0.2, -0.15) is 0 Å². The molecule has 1 atom stereocenters. The van der Waals surface area contributed by atoms with Crippen LogP contribution in [0.15, 0.2) is 6.33 Å². The van der Waals surface area contributed by atoms with Gasteiger partial charge in [0.1, 0.15) is 12.0 Å². The summed E-state index contributed by atoms with van der Waals surface area (Å²) in [7, 11) is 0. The molecule has 1 fully saturated rings. The number of amides is 1. The fraction of sp³-hybridized carbons (Fsp3) is 0.375. The van der Waals surface area contributed by atoms with Gasteiger partial charge in [0, 0.05) is 19.0 Å². The van der Waals surface area contributed by atoms with Crippen molar-refractivity contribution in [1.29, 1.82) is 0 Å². The summed E-state index contributed by atoms with van der Waals surface area (Å²) in [5.41, 5.74) is 6.01. The highest BCUT2D eigenvalue weighted by atomic mass is 35.5. The van der Waals surface area contributed by atoms with E-state index in [1.807, 2.05) is 0 Å². The molecule has 1 unspecified atom stereocenters. The maximum absolute atomic E-state index is 11.6. The van der Waals surface area contributed by atoms with E-state index in [1.54, 1.807) is 0 Å². The first kappa shape index (κ1) is 10.6. The van der Waals surface area contributed by atoms with E-state index in [2.05, 4.69) is 9.97 Å². The van der Waals surface area contributed by atoms with Crippen LogP contribution in [0.2, 0.25) is 10.3 Å². The summed E-state index contributed by atoms with van der Waals surface area (Å²) in [4.78, 5) is 20.5. The smallest absolute Gasteiger partial charge is 0.228 e. The number of hydrogen-bond donors (Lipinski definition) is 1. The van der Waals surface area contributed by atoms with Crippen LogP contribution in [0.3, 0.4) is 0 Å². The van der Waals surface area contributed by atoms with E-state index in [9.17, 15) is 4.79 Å². The molecular formula is C8H8Cl2N4O. The van der Waals surface area contributed by atoms with Crippen molar-refractivity contribution in [2.24, 2.45) is 5.73 Å². The van der Waals surface area contributed by atoms with Crippen LogP contribution in [0.4, 0.5) is 5.69 Å². The second-order valence-electron chi connectivity index (χ2n) is 3.27. The highest BCUT2D eigenvalue weighted by Crippen LogP contribution is 2.32. The monoisotopic (exact) mass is 246 g/mol. The van der Waals surface area contributed by atoms with Gasteiger partial charge in [-0.25, -0.2) is 9.97 Å². The van der Waals surface area contributed by atoms with Gasteiger partial charge in [-0.15, -0.1) is 0 Å². The molecule has 0 radical (unpaired) electrons. The van der Waals surface area contributed by atoms with E-state index >= 15 is 0 Å². The van der Waals surface area contributed by atoms with Crippen molar-refractivity contribution in [2.45, 2.75) is 12.5 Å². The van der Waals surface area contributed by atoms with Gasteiger partial charge >= 0.3 is 0 Å². The van der Waals surface area contributed by atoms with Crippen LogP contribution in [0.1, 0.15) is 6.42 Å². The predicted molar refractivity (Wildman–Crippen MR) is 57.0 cm³/mol. The highest BCUT2D eigenvalue weighted by molar-refractivity contribution is 6.38. The van der Waals surface area contributed by atoms with Crippen LogP contribution in [-0.2, 0) is 4.79 Å². The molecule has 0 aromatic carbocycles. The molecule has 7 heteroatoms. The zero-order chi connectivity index (χ0) is 11.0. The summed E-state index contributed by atoms with van der Waals surface area (Å²) in [6.45, 7) is 0.394. The summed E-state index contributed by atoms with van der Waals surface area (Å²) >= 11 is 11.7. The van der Waals surface area contributed by atoms with Crippen molar-refractivity contribution in [2.75, 3.05) is 11.4 Å². The van der Waals surface area contributed by atoms with Crippen molar-refractivity contribution < 1.29 is 4.79 Å². The number of nitrogens with zero attached hydrogens (tertiary/aromatic N) is 3. The molecule has 1 aromatic rings. The molecule has 1 saturated heterocycles. The van der Waals surface area contributed by atoms with E-state index < -0.39 is 0 Å². The Morgan fingerprint density at radius 2 is 2.00 bits per heavy atom. The van der Waals surface area contributed by atoms with Crippen molar-refractivity contribution >= 4 is 34.8 Å². The number of rotatable bonds is 1. The minimum absolute atomic E-state index is 0.110. The highest BCUT2D eigenvalue weighted by Gasteiger charge is 2.31. The summed E-state index contributed by atoms with van der Waals surface area (Å²) in [6, 6.07) is -0.190. The molecule has 0 saturated carbocycles. The molecule has 0 aliphatic carbocycles. The van der Waals surface area contributed by atoms with Crippen molar-refractivity contribution in [3.63, 3.8) is 0 Å². The Kier molecular flexibility index (Phi) is 2.77. The summed E-state index contributed by atoms with van der Waals surface area (Å²) < 4.78 is 0. The molecule has 1 aliphatic rings. The minimum atomic E-state index is -0.190. The van der Waals surface area contributed by atoms with Gasteiger partial charge in [-0.3, -0.25) is 4.79 Å². The van der Waals surface area contributed by atoms with Gasteiger partial charge in [-0.05, 0) is 0 Å². The molecule has 2 heterocycles. The lowest BCUT2D eigenvalue weighted by molar-refractivity contribution is -0.117. The third kappa shape index (κ3) is 1.90. The van der Waals surface area contributed by atoms with Crippen molar-refractivity contribution in [1.82, 2.24) is 9.97 Å². The zero-order valence-corrected chi connectivity index (χ0v) is 9.16. The molecule has 5 nitrogen and oxygen atoms in total. The Balaban J connectivity index is 2.41. The van der Waals surface area contributed by atoms with E-state index in [1.165, 1.54) is 11.2 Å². The summed E-state index contributed by atoms with van der Waals surface area (Å²) in [6.07, 6.45) is 1.54. The van der Waals surface area contributed by atoms with Gasteiger partial charge in [0.05, 0.1) is 0 Å². The van der Waals surface area contributed by atoms with Crippen LogP contribution in [0, 0.1) is 0 Å². The Hall–Kier alpha value is -0.910. The lowest BCUT2D eigenvalue weighted by Gasteiger charge is -2.17. The second-order valence-corrected chi connectivity index (χ2v) is 3.99. The Labute approximate surface area is 96.2 Å². The minimum Gasteiger partial charge on any atom is -0.326 e. The number of halogens is 2. The molecule has 80 valence electrons. The molecule has 1 aromatic heterocycles. The maximum atomic E-state index is 11.6. The SMILES string of the molecule is NC1CC(=O)N(c2c(Cl)ncnc2Cl)C1. The Morgan fingerprint density at radius 3 is 2.47 bits per heavy atom. The standard InChI is InChI=1S/C8H8Cl2N4O/c9-7-6(8(10)13-3-12-7)14-2-4(11)1-5(14)15/h3-4H,1-2,11H2. The zero-order valence-electron chi connectivity index (χ0n) is 7.65. The molecule has 2 rings (SSSR count).